The molecule has 0 spiro atoms. The van der Waals surface area contributed by atoms with Gasteiger partial charge >= 0.3 is 0 Å². The SMILES string of the molecule is CCSc1c2c(nn1CC1C=CC(c3ccc(F)cn3)=CC1)N1CC(C)(C)N=C1N(C)C2=O. The van der Waals surface area contributed by atoms with Gasteiger partial charge in [-0.3, -0.25) is 24.3 Å². The summed E-state index contributed by atoms with van der Waals surface area (Å²) in [6, 6.07) is 3.12. The lowest BCUT2D eigenvalue weighted by atomic mass is 9.95. The van der Waals surface area contributed by atoms with Crippen LogP contribution in [0.1, 0.15) is 43.2 Å². The highest BCUT2D eigenvalue weighted by Gasteiger charge is 2.45. The van der Waals surface area contributed by atoms with Crippen LogP contribution in [0.15, 0.2) is 46.6 Å². The van der Waals surface area contributed by atoms with Crippen LogP contribution in [-0.4, -0.2) is 56.4 Å². The second-order valence-electron chi connectivity index (χ2n) is 9.17. The highest BCUT2D eigenvalue weighted by Crippen LogP contribution is 2.39. The van der Waals surface area contributed by atoms with Crippen LogP contribution in [0.3, 0.4) is 0 Å². The summed E-state index contributed by atoms with van der Waals surface area (Å²) in [5.41, 5.74) is 2.16. The van der Waals surface area contributed by atoms with Gasteiger partial charge in [0.25, 0.3) is 5.91 Å². The number of guanidine groups is 1. The lowest BCUT2D eigenvalue weighted by molar-refractivity contribution is 0.0862. The van der Waals surface area contributed by atoms with Crippen LogP contribution in [0.2, 0.25) is 0 Å². The van der Waals surface area contributed by atoms with E-state index >= 15 is 0 Å². The van der Waals surface area contributed by atoms with Crippen molar-refractivity contribution in [3.8, 4) is 0 Å². The Labute approximate surface area is 197 Å². The molecule has 0 N–H and O–H groups in total. The fraction of sp³-hybridized carbons (Fsp3) is 0.417. The molecule has 0 aromatic carbocycles. The second kappa shape index (κ2) is 8.13. The van der Waals surface area contributed by atoms with Crippen molar-refractivity contribution < 1.29 is 9.18 Å². The summed E-state index contributed by atoms with van der Waals surface area (Å²) in [6.45, 7) is 7.60. The largest absolute Gasteiger partial charge is 0.292 e. The first kappa shape index (κ1) is 21.9. The molecule has 1 amide bonds. The minimum atomic E-state index is -0.338. The molecule has 33 heavy (non-hydrogen) atoms. The lowest BCUT2D eigenvalue weighted by Crippen LogP contribution is -2.48. The van der Waals surface area contributed by atoms with Crippen molar-refractivity contribution in [2.45, 2.75) is 44.3 Å². The van der Waals surface area contributed by atoms with Crippen LogP contribution in [0.25, 0.3) is 5.57 Å². The van der Waals surface area contributed by atoms with Crippen molar-refractivity contribution in [1.29, 1.82) is 0 Å². The minimum absolute atomic E-state index is 0.0522. The Morgan fingerprint density at radius 2 is 2.12 bits per heavy atom. The Hall–Kier alpha value is -2.94. The minimum Gasteiger partial charge on any atom is -0.292 e. The van der Waals surface area contributed by atoms with E-state index in [1.165, 1.54) is 12.3 Å². The fourth-order valence-corrected chi connectivity index (χ4v) is 5.35. The summed E-state index contributed by atoms with van der Waals surface area (Å²) in [5.74, 6) is 2.08. The number of carbonyl (C=O) groups is 1. The first-order valence-corrected chi connectivity index (χ1v) is 12.2. The Balaban J connectivity index is 1.43. The monoisotopic (exact) mass is 466 g/mol. The molecule has 2 aromatic heterocycles. The molecule has 9 heteroatoms. The highest BCUT2D eigenvalue weighted by molar-refractivity contribution is 7.99. The molecule has 0 saturated heterocycles. The summed E-state index contributed by atoms with van der Waals surface area (Å²) in [6.07, 6.45) is 8.39. The first-order chi connectivity index (χ1) is 15.8. The topological polar surface area (TPSA) is 66.6 Å². The van der Waals surface area contributed by atoms with Crippen LogP contribution < -0.4 is 4.90 Å². The molecule has 1 aliphatic carbocycles. The third kappa shape index (κ3) is 3.88. The van der Waals surface area contributed by atoms with E-state index in [0.29, 0.717) is 30.4 Å². The van der Waals surface area contributed by atoms with Crippen LogP contribution in [0, 0.1) is 11.7 Å². The number of hydrogen-bond acceptors (Lipinski definition) is 6. The fourth-order valence-electron chi connectivity index (χ4n) is 4.48. The van der Waals surface area contributed by atoms with E-state index in [1.54, 1.807) is 29.8 Å². The van der Waals surface area contributed by atoms with Crippen molar-refractivity contribution >= 4 is 35.0 Å². The number of aliphatic imine (C=N–C) groups is 1. The van der Waals surface area contributed by atoms with Gasteiger partial charge in [-0.15, -0.1) is 11.8 Å². The quantitative estimate of drug-likeness (QED) is 0.617. The van der Waals surface area contributed by atoms with E-state index in [-0.39, 0.29) is 23.2 Å². The van der Waals surface area contributed by atoms with E-state index in [1.807, 2.05) is 10.8 Å². The number of amides is 1. The Kier molecular flexibility index (Phi) is 5.39. The molecule has 2 aliphatic heterocycles. The van der Waals surface area contributed by atoms with Crippen LogP contribution >= 0.6 is 11.8 Å². The van der Waals surface area contributed by atoms with Gasteiger partial charge in [0.15, 0.2) is 5.82 Å². The first-order valence-electron chi connectivity index (χ1n) is 11.2. The number of pyridine rings is 1. The smallest absolute Gasteiger partial charge is 0.266 e. The molecule has 4 heterocycles. The zero-order valence-electron chi connectivity index (χ0n) is 19.2. The molecule has 0 bridgehead atoms. The molecular formula is C24H27FN6OS. The molecule has 1 unspecified atom stereocenters. The average molecular weight is 467 g/mol. The molecule has 3 aliphatic rings. The van der Waals surface area contributed by atoms with E-state index in [4.69, 9.17) is 10.1 Å². The molecule has 172 valence electrons. The number of nitrogens with zero attached hydrogens (tertiary/aromatic N) is 6. The molecule has 0 radical (unpaired) electrons. The van der Waals surface area contributed by atoms with Crippen LogP contribution in [0.4, 0.5) is 10.2 Å². The van der Waals surface area contributed by atoms with E-state index in [9.17, 15) is 9.18 Å². The normalized spacial score (nSPS) is 21.1. The number of halogens is 1. The molecule has 0 fully saturated rings. The van der Waals surface area contributed by atoms with Gasteiger partial charge in [-0.1, -0.05) is 25.2 Å². The van der Waals surface area contributed by atoms with Crippen molar-refractivity contribution in [2.75, 3.05) is 24.2 Å². The summed E-state index contributed by atoms with van der Waals surface area (Å²) in [5, 5.41) is 5.84. The molecule has 7 nitrogen and oxygen atoms in total. The van der Waals surface area contributed by atoms with E-state index in [0.717, 1.165) is 28.5 Å². The van der Waals surface area contributed by atoms with Gasteiger partial charge < -0.3 is 0 Å². The third-order valence-corrected chi connectivity index (χ3v) is 7.03. The van der Waals surface area contributed by atoms with Crippen molar-refractivity contribution in [1.82, 2.24) is 19.7 Å². The zero-order chi connectivity index (χ0) is 23.3. The zero-order valence-corrected chi connectivity index (χ0v) is 20.1. The van der Waals surface area contributed by atoms with Crippen molar-refractivity contribution in [3.05, 3.63) is 53.6 Å². The molecule has 1 atom stereocenters. The Bertz CT molecular complexity index is 1200. The standard InChI is InChI=1S/C24H27FN6OS/c1-5-33-22-19-20(30-14-24(2,3)27-23(30)29(4)21(19)32)28-31(22)13-15-6-8-16(9-7-15)18-11-10-17(25)12-26-18/h6,8-12,15H,5,7,13-14H2,1-4H3. The number of hydrogen-bond donors (Lipinski definition) is 0. The number of anilines is 1. The van der Waals surface area contributed by atoms with E-state index < -0.39 is 0 Å². The maximum absolute atomic E-state index is 13.3. The third-order valence-electron chi connectivity index (χ3n) is 6.05. The molecule has 2 aromatic rings. The van der Waals surface area contributed by atoms with Gasteiger partial charge in [0.05, 0.1) is 24.0 Å². The lowest BCUT2D eigenvalue weighted by Gasteiger charge is -2.30. The second-order valence-corrected chi connectivity index (χ2v) is 10.4. The number of fused-ring (bicyclic) bond motifs is 3. The maximum atomic E-state index is 13.3. The van der Waals surface area contributed by atoms with E-state index in [2.05, 4.69) is 42.8 Å². The predicted molar refractivity (Wildman–Crippen MR) is 129 cm³/mol. The van der Waals surface area contributed by atoms with Gasteiger partial charge in [0.1, 0.15) is 16.4 Å². The summed E-state index contributed by atoms with van der Waals surface area (Å²) < 4.78 is 15.2. The Morgan fingerprint density at radius 1 is 1.30 bits per heavy atom. The maximum Gasteiger partial charge on any atom is 0.266 e. The van der Waals surface area contributed by atoms with Crippen molar-refractivity contribution in [2.24, 2.45) is 10.9 Å². The highest BCUT2D eigenvalue weighted by atomic mass is 32.2. The summed E-state index contributed by atoms with van der Waals surface area (Å²) in [7, 11) is 1.79. The number of rotatable bonds is 5. The molecule has 0 saturated carbocycles. The average Bonchev–Trinajstić information content (AvgIpc) is 3.31. The van der Waals surface area contributed by atoms with Gasteiger partial charge in [-0.05, 0) is 43.7 Å². The van der Waals surface area contributed by atoms with Crippen LogP contribution in [0.5, 0.6) is 0 Å². The van der Waals surface area contributed by atoms with Gasteiger partial charge in [-0.25, -0.2) is 9.38 Å². The van der Waals surface area contributed by atoms with Gasteiger partial charge in [0, 0.05) is 19.5 Å². The summed E-state index contributed by atoms with van der Waals surface area (Å²) >= 11 is 1.65. The predicted octanol–water partition coefficient (Wildman–Crippen LogP) is 4.23. The molecule has 5 rings (SSSR count). The Morgan fingerprint density at radius 3 is 2.79 bits per heavy atom. The number of thioether (sulfide) groups is 1. The van der Waals surface area contributed by atoms with Gasteiger partial charge in [-0.2, -0.15) is 5.10 Å². The number of carbonyl (C=O) groups excluding carboxylic acids is 1. The number of aromatic nitrogens is 3. The van der Waals surface area contributed by atoms with Crippen LogP contribution in [-0.2, 0) is 6.54 Å². The van der Waals surface area contributed by atoms with Crippen molar-refractivity contribution in [3.63, 3.8) is 0 Å². The number of allylic oxidation sites excluding steroid dienone is 4. The van der Waals surface area contributed by atoms with Gasteiger partial charge in [0.2, 0.25) is 5.96 Å². The summed E-state index contributed by atoms with van der Waals surface area (Å²) in [4.78, 5) is 25.9. The molecular weight excluding hydrogens is 439 g/mol.